The van der Waals surface area contributed by atoms with Crippen LogP contribution < -0.4 is 16.4 Å². The summed E-state index contributed by atoms with van der Waals surface area (Å²) >= 11 is 0. The number of hydrogen-bond donors (Lipinski definition) is 3. The maximum atomic E-state index is 12.1. The summed E-state index contributed by atoms with van der Waals surface area (Å²) < 4.78 is 0. The fourth-order valence-electron chi connectivity index (χ4n) is 2.35. The number of carbonyl (C=O) groups excluding carboxylic acids is 2. The van der Waals surface area contributed by atoms with Gasteiger partial charge in [-0.05, 0) is 55.7 Å². The number of benzene rings is 2. The lowest BCUT2D eigenvalue weighted by atomic mass is 10.1. The van der Waals surface area contributed by atoms with Gasteiger partial charge in [0.1, 0.15) is 0 Å². The average Bonchev–Trinajstić information content (AvgIpc) is 2.61. The Balaban J connectivity index is 1.87. The second kappa shape index (κ2) is 8.87. The molecule has 0 spiro atoms. The molecule has 0 aliphatic heterocycles. The van der Waals surface area contributed by atoms with Crippen LogP contribution in [0.25, 0.3) is 0 Å². The van der Waals surface area contributed by atoms with E-state index in [1.807, 2.05) is 38.1 Å². The van der Waals surface area contributed by atoms with Gasteiger partial charge in [-0.2, -0.15) is 0 Å². The lowest BCUT2D eigenvalue weighted by Crippen LogP contribution is -2.31. The SMILES string of the molecule is CCC(C)NC(=O)c1ccc(NC(=O)CCc2ccccc2N)cc1. The van der Waals surface area contributed by atoms with Crippen LogP contribution in [0.3, 0.4) is 0 Å². The molecule has 5 nitrogen and oxygen atoms in total. The summed E-state index contributed by atoms with van der Waals surface area (Å²) in [5.41, 5.74) is 8.80. The van der Waals surface area contributed by atoms with E-state index in [1.54, 1.807) is 24.3 Å². The predicted octanol–water partition coefficient (Wildman–Crippen LogP) is 3.37. The number of nitrogens with one attached hydrogen (secondary N) is 2. The maximum absolute atomic E-state index is 12.1. The Morgan fingerprint density at radius 1 is 1.08 bits per heavy atom. The summed E-state index contributed by atoms with van der Waals surface area (Å²) in [7, 11) is 0. The zero-order chi connectivity index (χ0) is 18.2. The summed E-state index contributed by atoms with van der Waals surface area (Å²) in [6.45, 7) is 3.98. The first-order valence-corrected chi connectivity index (χ1v) is 8.53. The molecule has 2 aromatic rings. The smallest absolute Gasteiger partial charge is 0.251 e. The fraction of sp³-hybridized carbons (Fsp3) is 0.300. The van der Waals surface area contributed by atoms with Crippen LogP contribution in [0.4, 0.5) is 11.4 Å². The Morgan fingerprint density at radius 2 is 1.76 bits per heavy atom. The number of amides is 2. The van der Waals surface area contributed by atoms with Gasteiger partial charge in [0.05, 0.1) is 0 Å². The largest absolute Gasteiger partial charge is 0.399 e. The van der Waals surface area contributed by atoms with Crippen molar-refractivity contribution in [3.8, 4) is 0 Å². The molecule has 0 saturated carbocycles. The lowest BCUT2D eigenvalue weighted by Gasteiger charge is -2.12. The van der Waals surface area contributed by atoms with Crippen LogP contribution in [0.1, 0.15) is 42.6 Å². The Morgan fingerprint density at radius 3 is 2.40 bits per heavy atom. The van der Waals surface area contributed by atoms with Crippen molar-refractivity contribution >= 4 is 23.2 Å². The van der Waals surface area contributed by atoms with Crippen molar-refractivity contribution in [3.63, 3.8) is 0 Å². The number of rotatable bonds is 7. The van der Waals surface area contributed by atoms with Crippen molar-refractivity contribution in [3.05, 3.63) is 59.7 Å². The van der Waals surface area contributed by atoms with E-state index in [-0.39, 0.29) is 17.9 Å². The second-order valence-electron chi connectivity index (χ2n) is 6.11. The van der Waals surface area contributed by atoms with Crippen LogP contribution in [-0.4, -0.2) is 17.9 Å². The molecule has 0 radical (unpaired) electrons. The quantitative estimate of drug-likeness (QED) is 0.676. The van der Waals surface area contributed by atoms with E-state index in [0.29, 0.717) is 29.8 Å². The van der Waals surface area contributed by atoms with Gasteiger partial charge in [0.15, 0.2) is 0 Å². The molecule has 132 valence electrons. The molecule has 1 unspecified atom stereocenters. The van der Waals surface area contributed by atoms with Crippen molar-refractivity contribution < 1.29 is 9.59 Å². The zero-order valence-electron chi connectivity index (χ0n) is 14.7. The van der Waals surface area contributed by atoms with Crippen molar-refractivity contribution in [1.82, 2.24) is 5.32 Å². The summed E-state index contributed by atoms with van der Waals surface area (Å²) in [6, 6.07) is 14.6. The zero-order valence-corrected chi connectivity index (χ0v) is 14.7. The molecule has 0 saturated heterocycles. The van der Waals surface area contributed by atoms with Crippen LogP contribution in [0.15, 0.2) is 48.5 Å². The fourth-order valence-corrected chi connectivity index (χ4v) is 2.35. The Kier molecular flexibility index (Phi) is 6.57. The molecule has 2 rings (SSSR count). The van der Waals surface area contributed by atoms with Crippen LogP contribution in [0.5, 0.6) is 0 Å². The number of nitrogens with two attached hydrogens (primary N) is 1. The van der Waals surface area contributed by atoms with Crippen molar-refractivity contribution in [1.29, 1.82) is 0 Å². The van der Waals surface area contributed by atoms with Crippen LogP contribution in [0, 0.1) is 0 Å². The van der Waals surface area contributed by atoms with Crippen molar-refractivity contribution in [2.75, 3.05) is 11.1 Å². The second-order valence-corrected chi connectivity index (χ2v) is 6.11. The van der Waals surface area contributed by atoms with E-state index in [4.69, 9.17) is 5.73 Å². The third-order valence-corrected chi connectivity index (χ3v) is 4.10. The molecular formula is C20H25N3O2. The van der Waals surface area contributed by atoms with Gasteiger partial charge in [-0.15, -0.1) is 0 Å². The molecule has 1 atom stereocenters. The first-order chi connectivity index (χ1) is 12.0. The molecule has 0 bridgehead atoms. The Labute approximate surface area is 148 Å². The molecule has 0 aromatic heterocycles. The van der Waals surface area contributed by atoms with Gasteiger partial charge < -0.3 is 16.4 Å². The van der Waals surface area contributed by atoms with E-state index < -0.39 is 0 Å². The third kappa shape index (κ3) is 5.64. The van der Waals surface area contributed by atoms with E-state index in [0.717, 1.165) is 12.0 Å². The molecular weight excluding hydrogens is 314 g/mol. The topological polar surface area (TPSA) is 84.2 Å². The highest BCUT2D eigenvalue weighted by Crippen LogP contribution is 2.14. The summed E-state index contributed by atoms with van der Waals surface area (Å²) in [6.07, 6.45) is 1.82. The first kappa shape index (κ1) is 18.5. The van der Waals surface area contributed by atoms with Gasteiger partial charge in [-0.1, -0.05) is 25.1 Å². The molecule has 4 N–H and O–H groups in total. The van der Waals surface area contributed by atoms with E-state index in [9.17, 15) is 9.59 Å². The minimum Gasteiger partial charge on any atom is -0.399 e. The molecule has 5 heteroatoms. The van der Waals surface area contributed by atoms with Gasteiger partial charge in [-0.3, -0.25) is 9.59 Å². The van der Waals surface area contributed by atoms with Gasteiger partial charge in [0.2, 0.25) is 5.91 Å². The molecule has 2 amide bonds. The minimum atomic E-state index is -0.105. The first-order valence-electron chi connectivity index (χ1n) is 8.53. The monoisotopic (exact) mass is 339 g/mol. The number of aryl methyl sites for hydroxylation is 1. The number of nitrogen functional groups attached to an aromatic ring is 1. The number of carbonyl (C=O) groups is 2. The van der Waals surface area contributed by atoms with Crippen molar-refractivity contribution in [2.45, 2.75) is 39.2 Å². The normalized spacial score (nSPS) is 11.6. The van der Waals surface area contributed by atoms with E-state index in [1.165, 1.54) is 0 Å². The molecule has 0 fully saturated rings. The standard InChI is InChI=1S/C20H25N3O2/c1-3-14(2)22-20(25)16-8-11-17(12-9-16)23-19(24)13-10-15-6-4-5-7-18(15)21/h4-9,11-12,14H,3,10,13,21H2,1-2H3,(H,22,25)(H,23,24). The summed E-state index contributed by atoms with van der Waals surface area (Å²) in [5, 5.41) is 5.75. The lowest BCUT2D eigenvalue weighted by molar-refractivity contribution is -0.116. The number of para-hydroxylation sites is 1. The highest BCUT2D eigenvalue weighted by Gasteiger charge is 2.09. The Hall–Kier alpha value is -2.82. The van der Waals surface area contributed by atoms with Crippen molar-refractivity contribution in [2.24, 2.45) is 0 Å². The van der Waals surface area contributed by atoms with Crippen LogP contribution in [-0.2, 0) is 11.2 Å². The van der Waals surface area contributed by atoms with Crippen LogP contribution >= 0.6 is 0 Å². The molecule has 2 aromatic carbocycles. The molecule has 25 heavy (non-hydrogen) atoms. The van der Waals surface area contributed by atoms with Gasteiger partial charge in [-0.25, -0.2) is 0 Å². The average molecular weight is 339 g/mol. The number of anilines is 2. The van der Waals surface area contributed by atoms with Crippen LogP contribution in [0.2, 0.25) is 0 Å². The maximum Gasteiger partial charge on any atom is 0.251 e. The summed E-state index contributed by atoms with van der Waals surface area (Å²) in [5.74, 6) is -0.188. The van der Waals surface area contributed by atoms with Gasteiger partial charge >= 0.3 is 0 Å². The minimum absolute atomic E-state index is 0.0833. The number of hydrogen-bond acceptors (Lipinski definition) is 3. The third-order valence-electron chi connectivity index (χ3n) is 4.10. The Bertz CT molecular complexity index is 726. The van der Waals surface area contributed by atoms with E-state index >= 15 is 0 Å². The summed E-state index contributed by atoms with van der Waals surface area (Å²) in [4.78, 5) is 24.1. The highest BCUT2D eigenvalue weighted by atomic mass is 16.2. The molecule has 0 aliphatic rings. The van der Waals surface area contributed by atoms with Gasteiger partial charge in [0, 0.05) is 29.4 Å². The molecule has 0 aliphatic carbocycles. The predicted molar refractivity (Wildman–Crippen MR) is 101 cm³/mol. The highest BCUT2D eigenvalue weighted by molar-refractivity contribution is 5.96. The van der Waals surface area contributed by atoms with E-state index in [2.05, 4.69) is 10.6 Å². The van der Waals surface area contributed by atoms with Gasteiger partial charge in [0.25, 0.3) is 5.91 Å². The molecule has 0 heterocycles.